The zero-order valence-corrected chi connectivity index (χ0v) is 24.3. The van der Waals surface area contributed by atoms with Crippen molar-refractivity contribution >= 4 is 22.2 Å². The number of carbonyl (C=O) groups is 2. The van der Waals surface area contributed by atoms with Gasteiger partial charge in [-0.25, -0.2) is 4.18 Å². The molecule has 0 aromatic rings. The average molecular weight is 669 g/mol. The maximum Gasteiger partial charge on any atom is 0.397 e. The molecule has 44 heavy (non-hydrogen) atoms. The van der Waals surface area contributed by atoms with Crippen LogP contribution in [0.1, 0.15) is 13.8 Å². The Kier molecular flexibility index (Phi) is 14.6. The van der Waals surface area contributed by atoms with Crippen LogP contribution in [0.15, 0.2) is 0 Å². The van der Waals surface area contributed by atoms with E-state index in [1.807, 2.05) is 0 Å². The molecule has 22 heteroatoms. The molecule has 0 unspecified atom stereocenters. The molecule has 2 rings (SSSR count). The Morgan fingerprint density at radius 2 is 1.48 bits per heavy atom. The first kappa shape index (κ1) is 38.5. The van der Waals surface area contributed by atoms with E-state index < -0.39 is 134 Å². The maximum atomic E-state index is 12.0. The molecular weight excluding hydrogens is 628 g/mol. The number of aliphatic hydroxyl groups excluding tert-OH is 9. The number of carbonyl (C=O) groups excluding carboxylic acids is 2. The molecule has 2 fully saturated rings. The van der Waals surface area contributed by atoms with Crippen LogP contribution in [-0.2, 0) is 43.1 Å². The number of nitrogens with one attached hydrogen (secondary N) is 2. The first-order valence-electron chi connectivity index (χ1n) is 13.1. The molecule has 12 N–H and O–H groups in total. The number of ether oxygens (including phenoxy) is 4. The highest BCUT2D eigenvalue weighted by Crippen LogP contribution is 2.31. The van der Waals surface area contributed by atoms with Gasteiger partial charge in [0.15, 0.2) is 12.6 Å². The fraction of sp³-hybridized carbons (Fsp3) is 0.909. The highest BCUT2D eigenvalue weighted by atomic mass is 32.3. The summed E-state index contributed by atoms with van der Waals surface area (Å²) in [5.41, 5.74) is 0. The van der Waals surface area contributed by atoms with Crippen LogP contribution < -0.4 is 10.6 Å². The summed E-state index contributed by atoms with van der Waals surface area (Å²) in [5.74, 6) is -1.48. The van der Waals surface area contributed by atoms with Crippen LogP contribution in [-0.4, -0.2) is 183 Å². The van der Waals surface area contributed by atoms with Crippen LogP contribution in [0.4, 0.5) is 0 Å². The molecule has 2 amide bonds. The van der Waals surface area contributed by atoms with Gasteiger partial charge in [-0.3, -0.25) is 14.1 Å². The highest BCUT2D eigenvalue weighted by molar-refractivity contribution is 7.80. The largest absolute Gasteiger partial charge is 0.397 e. The molecule has 21 nitrogen and oxygen atoms in total. The summed E-state index contributed by atoms with van der Waals surface area (Å²) in [6.07, 6.45) is -22.5. The topological polar surface area (TPSA) is 341 Å². The summed E-state index contributed by atoms with van der Waals surface area (Å²) in [7, 11) is -5.02. The van der Waals surface area contributed by atoms with Gasteiger partial charge in [-0.15, -0.1) is 0 Å². The van der Waals surface area contributed by atoms with Crippen molar-refractivity contribution in [2.24, 2.45) is 0 Å². The lowest BCUT2D eigenvalue weighted by Crippen LogP contribution is -2.69. The summed E-state index contributed by atoms with van der Waals surface area (Å²) < 4.78 is 57.1. The summed E-state index contributed by atoms with van der Waals surface area (Å²) in [6.45, 7) is -1.78. The second kappa shape index (κ2) is 16.7. The fourth-order valence-electron chi connectivity index (χ4n) is 4.60. The fourth-order valence-corrected chi connectivity index (χ4v) is 4.91. The quantitative estimate of drug-likeness (QED) is 0.0721. The Bertz CT molecular complexity index is 1040. The lowest BCUT2D eigenvalue weighted by atomic mass is 9.95. The summed E-state index contributed by atoms with van der Waals surface area (Å²) in [6, 6.07) is -3.09. The Balaban J connectivity index is 2.38. The van der Waals surface area contributed by atoms with Gasteiger partial charge >= 0.3 is 10.4 Å². The Hall–Kier alpha value is -1.71. The first-order chi connectivity index (χ1) is 20.4. The SMILES string of the molecule is CC(=O)N[C@H]1[C@H](O[C@@H]([C@@H](O)[C@H](O)CO)[C@H](CO)NC(C)=O)O[C@H](CO)[C@@H](O[C@@H]2O[C@H](COS(=O)(=O)O)[C@H](O)[C@H](O)[C@H]2O)[C@@H]1O. The lowest BCUT2D eigenvalue weighted by Gasteiger charge is -2.48. The van der Waals surface area contributed by atoms with E-state index >= 15 is 0 Å². The molecule has 2 heterocycles. The molecule has 0 bridgehead atoms. The van der Waals surface area contributed by atoms with Crippen LogP contribution in [0.25, 0.3) is 0 Å². The summed E-state index contributed by atoms with van der Waals surface area (Å²) in [5, 5.41) is 96.5. The molecule has 0 spiro atoms. The Morgan fingerprint density at radius 1 is 0.864 bits per heavy atom. The number of hydrogen-bond donors (Lipinski definition) is 12. The van der Waals surface area contributed by atoms with E-state index in [-0.39, 0.29) is 0 Å². The van der Waals surface area contributed by atoms with Crippen LogP contribution in [0.3, 0.4) is 0 Å². The molecule has 0 radical (unpaired) electrons. The minimum Gasteiger partial charge on any atom is -0.394 e. The number of amides is 2. The zero-order chi connectivity index (χ0) is 33.5. The number of aliphatic hydroxyl groups is 9. The normalized spacial score (nSPS) is 35.7. The van der Waals surface area contributed by atoms with Gasteiger partial charge in [0.1, 0.15) is 67.1 Å². The molecular formula is C22H40N2O19S. The van der Waals surface area contributed by atoms with Gasteiger partial charge in [0.25, 0.3) is 0 Å². The zero-order valence-electron chi connectivity index (χ0n) is 23.5. The molecule has 14 atom stereocenters. The van der Waals surface area contributed by atoms with Gasteiger partial charge in [-0.1, -0.05) is 0 Å². The number of hydrogen-bond acceptors (Lipinski definition) is 18. The van der Waals surface area contributed by atoms with Crippen molar-refractivity contribution < 1.29 is 91.6 Å². The van der Waals surface area contributed by atoms with Gasteiger partial charge in [-0.2, -0.15) is 8.42 Å². The smallest absolute Gasteiger partial charge is 0.394 e. The van der Waals surface area contributed by atoms with Gasteiger partial charge in [0, 0.05) is 13.8 Å². The molecule has 258 valence electrons. The van der Waals surface area contributed by atoms with Crippen LogP contribution in [0, 0.1) is 0 Å². The lowest BCUT2D eigenvalue weighted by molar-refractivity contribution is -0.353. The maximum absolute atomic E-state index is 12.0. The van der Waals surface area contributed by atoms with Crippen molar-refractivity contribution in [3.05, 3.63) is 0 Å². The third-order valence-electron chi connectivity index (χ3n) is 6.76. The third kappa shape index (κ3) is 10.1. The van der Waals surface area contributed by atoms with Gasteiger partial charge < -0.3 is 75.5 Å². The number of rotatable bonds is 15. The van der Waals surface area contributed by atoms with E-state index in [0.717, 1.165) is 13.8 Å². The van der Waals surface area contributed by atoms with Crippen molar-refractivity contribution in [2.75, 3.05) is 26.4 Å². The molecule has 2 saturated heterocycles. The van der Waals surface area contributed by atoms with Crippen molar-refractivity contribution in [1.82, 2.24) is 10.6 Å². The Labute approximate surface area is 250 Å². The van der Waals surface area contributed by atoms with E-state index in [1.54, 1.807) is 0 Å². The molecule has 0 aliphatic carbocycles. The van der Waals surface area contributed by atoms with E-state index in [4.69, 9.17) is 23.5 Å². The van der Waals surface area contributed by atoms with Crippen molar-refractivity contribution in [3.8, 4) is 0 Å². The van der Waals surface area contributed by atoms with Crippen LogP contribution >= 0.6 is 0 Å². The van der Waals surface area contributed by atoms with Gasteiger partial charge in [0.2, 0.25) is 11.8 Å². The molecule has 0 aromatic carbocycles. The van der Waals surface area contributed by atoms with Crippen LogP contribution in [0.5, 0.6) is 0 Å². The summed E-state index contributed by atoms with van der Waals surface area (Å²) in [4.78, 5) is 23.7. The van der Waals surface area contributed by atoms with Crippen molar-refractivity contribution in [3.63, 3.8) is 0 Å². The predicted octanol–water partition coefficient (Wildman–Crippen LogP) is -7.82. The van der Waals surface area contributed by atoms with Gasteiger partial charge in [0.05, 0.1) is 32.5 Å². The van der Waals surface area contributed by atoms with E-state index in [1.165, 1.54) is 0 Å². The predicted molar refractivity (Wildman–Crippen MR) is 137 cm³/mol. The van der Waals surface area contributed by atoms with Crippen molar-refractivity contribution in [2.45, 2.75) is 99.6 Å². The van der Waals surface area contributed by atoms with Crippen LogP contribution in [0.2, 0.25) is 0 Å². The minimum absolute atomic E-state index is 0.702. The van der Waals surface area contributed by atoms with E-state index in [9.17, 15) is 64.0 Å². The standard InChI is InChI=1S/C22H40N2O19S/c1-7(28)23-9(3-25)19(14(31)10(30)4-26)42-21-13(24-8(2)29)16(33)20(11(5-27)40-21)43-22-18(35)17(34)15(32)12(41-22)6-39-44(36,37)38/h9-22,25-27,30-35H,3-6H2,1-2H3,(H,23,28)(H,24,29)(H,36,37,38)/t9-,10+,11+,12+,13+,14-,15-,16+,17-,18+,19+,20+,21-,22-/m0/s1. The Morgan fingerprint density at radius 3 is 1.98 bits per heavy atom. The third-order valence-corrected chi connectivity index (χ3v) is 7.19. The molecule has 2 aliphatic heterocycles. The second-order valence-corrected chi connectivity index (χ2v) is 11.2. The van der Waals surface area contributed by atoms with Crippen molar-refractivity contribution in [1.29, 1.82) is 0 Å². The second-order valence-electron chi connectivity index (χ2n) is 10.1. The van der Waals surface area contributed by atoms with E-state index in [2.05, 4.69) is 14.8 Å². The van der Waals surface area contributed by atoms with Gasteiger partial charge in [-0.05, 0) is 0 Å². The monoisotopic (exact) mass is 668 g/mol. The molecule has 2 aliphatic rings. The molecule has 0 saturated carbocycles. The first-order valence-corrected chi connectivity index (χ1v) is 14.5. The minimum atomic E-state index is -5.02. The highest BCUT2D eigenvalue weighted by Gasteiger charge is 2.52. The molecule has 0 aromatic heterocycles. The average Bonchev–Trinajstić information content (AvgIpc) is 2.95. The van der Waals surface area contributed by atoms with E-state index in [0.29, 0.717) is 0 Å². The summed E-state index contributed by atoms with van der Waals surface area (Å²) >= 11 is 0.